The zero-order valence-electron chi connectivity index (χ0n) is 11.1. The quantitative estimate of drug-likeness (QED) is 0.702. The number of nitrogens with one attached hydrogen (secondary N) is 3. The van der Waals surface area contributed by atoms with Gasteiger partial charge in [0, 0.05) is 17.6 Å². The van der Waals surface area contributed by atoms with Gasteiger partial charge in [-0.15, -0.1) is 0 Å². The third-order valence-corrected chi connectivity index (χ3v) is 4.69. The molecule has 1 atom stereocenters. The maximum Gasteiger partial charge on any atom is 0.315 e. The molecule has 0 radical (unpaired) electrons. The third-order valence-electron chi connectivity index (χ3n) is 4.69. The van der Waals surface area contributed by atoms with Gasteiger partial charge >= 0.3 is 6.03 Å². The Balaban J connectivity index is 1.51. The van der Waals surface area contributed by atoms with Gasteiger partial charge in [-0.05, 0) is 45.1 Å². The molecule has 0 aromatic heterocycles. The summed E-state index contributed by atoms with van der Waals surface area (Å²) in [6.07, 6.45) is 11.1. The lowest BCUT2D eigenvalue weighted by molar-refractivity contribution is 0.157. The number of piperidine rings is 1. The number of carbonyl (C=O) groups is 1. The van der Waals surface area contributed by atoms with Crippen LogP contribution >= 0.6 is 0 Å². The van der Waals surface area contributed by atoms with Crippen molar-refractivity contribution in [1.29, 1.82) is 0 Å². The highest BCUT2D eigenvalue weighted by atomic mass is 16.2. The summed E-state index contributed by atoms with van der Waals surface area (Å²) in [6, 6.07) is 0.869. The number of urea groups is 1. The molecule has 1 aliphatic heterocycles. The largest absolute Gasteiger partial charge is 0.335 e. The summed E-state index contributed by atoms with van der Waals surface area (Å²) in [7, 11) is 0. The van der Waals surface area contributed by atoms with Crippen LogP contribution in [0.5, 0.6) is 0 Å². The number of carbonyl (C=O) groups excluding carboxylic acids is 1. The molecule has 4 nitrogen and oxygen atoms in total. The Bertz CT molecular complexity index is 303. The average Bonchev–Trinajstić information content (AvgIpc) is 3.14. The van der Waals surface area contributed by atoms with Gasteiger partial charge < -0.3 is 16.0 Å². The molecule has 1 heterocycles. The van der Waals surface area contributed by atoms with Crippen LogP contribution in [-0.2, 0) is 0 Å². The Hall–Kier alpha value is -0.770. The highest BCUT2D eigenvalue weighted by Gasteiger charge is 2.37. The molecule has 4 heteroatoms. The Morgan fingerprint density at radius 2 is 1.72 bits per heavy atom. The van der Waals surface area contributed by atoms with Crippen LogP contribution in [0.2, 0.25) is 0 Å². The predicted octanol–water partition coefficient (Wildman–Crippen LogP) is 1.90. The third kappa shape index (κ3) is 2.97. The van der Waals surface area contributed by atoms with Crippen LogP contribution in [0, 0.1) is 0 Å². The Morgan fingerprint density at radius 3 is 2.44 bits per heavy atom. The van der Waals surface area contributed by atoms with E-state index in [4.69, 9.17) is 0 Å². The van der Waals surface area contributed by atoms with Crippen molar-refractivity contribution in [1.82, 2.24) is 16.0 Å². The molecule has 2 amide bonds. The van der Waals surface area contributed by atoms with Crippen molar-refractivity contribution >= 4 is 6.03 Å². The van der Waals surface area contributed by atoms with Gasteiger partial charge in [-0.3, -0.25) is 0 Å². The van der Waals surface area contributed by atoms with Gasteiger partial charge in [-0.25, -0.2) is 4.79 Å². The van der Waals surface area contributed by atoms with Crippen molar-refractivity contribution in [2.24, 2.45) is 0 Å². The smallest absolute Gasteiger partial charge is 0.315 e. The maximum atomic E-state index is 11.8. The summed E-state index contributed by atoms with van der Waals surface area (Å²) in [5.41, 5.74) is 0.327. The lowest BCUT2D eigenvalue weighted by atomic mass is 9.75. The van der Waals surface area contributed by atoms with Gasteiger partial charge in [0.1, 0.15) is 0 Å². The summed E-state index contributed by atoms with van der Waals surface area (Å²) < 4.78 is 0. The normalized spacial score (nSPS) is 31.0. The predicted molar refractivity (Wildman–Crippen MR) is 71.5 cm³/mol. The Morgan fingerprint density at radius 1 is 1.00 bits per heavy atom. The van der Waals surface area contributed by atoms with E-state index in [1.807, 2.05) is 0 Å². The summed E-state index contributed by atoms with van der Waals surface area (Å²) in [4.78, 5) is 11.8. The highest BCUT2D eigenvalue weighted by molar-refractivity contribution is 5.74. The lowest BCUT2D eigenvalue weighted by Crippen LogP contribution is -2.58. The molecule has 18 heavy (non-hydrogen) atoms. The van der Waals surface area contributed by atoms with Crippen molar-refractivity contribution in [3.63, 3.8) is 0 Å². The fourth-order valence-electron chi connectivity index (χ4n) is 3.53. The second kappa shape index (κ2) is 5.08. The molecule has 102 valence electrons. The van der Waals surface area contributed by atoms with Crippen molar-refractivity contribution < 1.29 is 4.79 Å². The second-order valence-corrected chi connectivity index (χ2v) is 6.35. The zero-order chi connectivity index (χ0) is 12.4. The first kappa shape index (κ1) is 12.3. The van der Waals surface area contributed by atoms with Gasteiger partial charge in [0.15, 0.2) is 0 Å². The molecule has 3 rings (SSSR count). The molecule has 2 aliphatic carbocycles. The topological polar surface area (TPSA) is 53.2 Å². The van der Waals surface area contributed by atoms with Crippen molar-refractivity contribution in [3.8, 4) is 0 Å². The van der Waals surface area contributed by atoms with Crippen LogP contribution in [0.4, 0.5) is 4.79 Å². The molecule has 0 aromatic carbocycles. The van der Waals surface area contributed by atoms with E-state index in [1.165, 1.54) is 32.1 Å². The number of hydrogen-bond donors (Lipinski definition) is 3. The molecular formula is C14H25N3O. The molecule has 1 spiro atoms. The number of rotatable bonds is 2. The van der Waals surface area contributed by atoms with Crippen molar-refractivity contribution in [3.05, 3.63) is 0 Å². The zero-order valence-corrected chi connectivity index (χ0v) is 11.1. The molecule has 3 fully saturated rings. The Kier molecular flexibility index (Phi) is 3.46. The molecule has 1 saturated heterocycles. The van der Waals surface area contributed by atoms with E-state index in [-0.39, 0.29) is 6.03 Å². The van der Waals surface area contributed by atoms with E-state index in [2.05, 4.69) is 16.0 Å². The molecule has 1 unspecified atom stereocenters. The maximum absolute atomic E-state index is 11.8. The fourth-order valence-corrected chi connectivity index (χ4v) is 3.53. The molecule has 0 bridgehead atoms. The minimum absolute atomic E-state index is 0.0513. The SMILES string of the molecule is O=C(NC1CC1)NC1CCNC2(CCCCC2)C1. The second-order valence-electron chi connectivity index (χ2n) is 6.35. The van der Waals surface area contributed by atoms with E-state index in [0.717, 1.165) is 32.2 Å². The first-order chi connectivity index (χ1) is 8.76. The van der Waals surface area contributed by atoms with Crippen molar-refractivity contribution in [2.75, 3.05) is 6.54 Å². The molecule has 0 aromatic rings. The van der Waals surface area contributed by atoms with Crippen LogP contribution in [0.15, 0.2) is 0 Å². The van der Waals surface area contributed by atoms with Gasteiger partial charge in [0.2, 0.25) is 0 Å². The molecule has 3 N–H and O–H groups in total. The van der Waals surface area contributed by atoms with Crippen molar-refractivity contribution in [2.45, 2.75) is 75.4 Å². The minimum atomic E-state index is 0.0513. The average molecular weight is 251 g/mol. The molecular weight excluding hydrogens is 226 g/mol. The van der Waals surface area contributed by atoms with Gasteiger partial charge in [-0.2, -0.15) is 0 Å². The van der Waals surface area contributed by atoms with E-state index in [9.17, 15) is 4.79 Å². The van der Waals surface area contributed by atoms with Crippen LogP contribution in [-0.4, -0.2) is 30.2 Å². The van der Waals surface area contributed by atoms with Crippen LogP contribution in [0.3, 0.4) is 0 Å². The number of hydrogen-bond acceptors (Lipinski definition) is 2. The van der Waals surface area contributed by atoms with Gasteiger partial charge in [0.05, 0.1) is 0 Å². The minimum Gasteiger partial charge on any atom is -0.335 e. The Labute approximate surface area is 109 Å². The molecule has 3 aliphatic rings. The monoisotopic (exact) mass is 251 g/mol. The van der Waals surface area contributed by atoms with E-state index in [1.54, 1.807) is 0 Å². The van der Waals surface area contributed by atoms with E-state index < -0.39 is 0 Å². The standard InChI is InChI=1S/C14H25N3O/c18-13(16-11-4-5-11)17-12-6-9-15-14(10-12)7-2-1-3-8-14/h11-12,15H,1-10H2,(H2,16,17,18). The van der Waals surface area contributed by atoms with E-state index in [0.29, 0.717) is 17.6 Å². The first-order valence-electron chi connectivity index (χ1n) is 7.58. The van der Waals surface area contributed by atoms with E-state index >= 15 is 0 Å². The van der Waals surface area contributed by atoms with Gasteiger partial charge in [0.25, 0.3) is 0 Å². The first-order valence-corrected chi connectivity index (χ1v) is 7.58. The summed E-state index contributed by atoms with van der Waals surface area (Å²) in [6.45, 7) is 1.05. The summed E-state index contributed by atoms with van der Waals surface area (Å²) >= 11 is 0. The fraction of sp³-hybridized carbons (Fsp3) is 0.929. The molecule has 2 saturated carbocycles. The summed E-state index contributed by atoms with van der Waals surface area (Å²) in [5.74, 6) is 0. The van der Waals surface area contributed by atoms with Crippen LogP contribution < -0.4 is 16.0 Å². The number of amides is 2. The highest BCUT2D eigenvalue weighted by Crippen LogP contribution is 2.34. The van der Waals surface area contributed by atoms with Gasteiger partial charge in [-0.1, -0.05) is 19.3 Å². The summed E-state index contributed by atoms with van der Waals surface area (Å²) in [5, 5.41) is 9.91. The van der Waals surface area contributed by atoms with Crippen LogP contribution in [0.1, 0.15) is 57.8 Å². The lowest BCUT2D eigenvalue weighted by Gasteiger charge is -2.44. The van der Waals surface area contributed by atoms with Crippen LogP contribution in [0.25, 0.3) is 0 Å².